The Labute approximate surface area is 193 Å². The van der Waals surface area contributed by atoms with Gasteiger partial charge in [0.1, 0.15) is 11.6 Å². The van der Waals surface area contributed by atoms with E-state index in [0.717, 1.165) is 0 Å². The van der Waals surface area contributed by atoms with Crippen molar-refractivity contribution in [3.05, 3.63) is 89.3 Å². The molecule has 2 unspecified atom stereocenters. The number of carboxylic acids is 1. The molecule has 0 aliphatic rings. The molecular weight excluding hydrogens is 450 g/mol. The number of allylic oxidation sites excluding steroid dienone is 2. The standard InChI is InChI=1S/C23H22F2N4O4.H2O/c1-29-23(26-27-28-29)18(11-10-14(30)12-15(31)13-21(32)33)22(16-6-2-4-8-19(16)24)17-7-3-5-9-20(17)25;/h2-11,14-15,30-31H,12-13H2,1H3,(H,32,33);1H2/b11-10+;. The first kappa shape index (κ1) is 26.5. The molecule has 3 aromatic rings. The highest BCUT2D eigenvalue weighted by molar-refractivity contribution is 6.01. The monoisotopic (exact) mass is 474 g/mol. The number of hydrogen-bond acceptors (Lipinski definition) is 6. The van der Waals surface area contributed by atoms with Crippen molar-refractivity contribution in [1.29, 1.82) is 0 Å². The lowest BCUT2D eigenvalue weighted by atomic mass is 9.91. The van der Waals surface area contributed by atoms with Crippen molar-refractivity contribution in [2.24, 2.45) is 7.05 Å². The van der Waals surface area contributed by atoms with Crippen LogP contribution < -0.4 is 0 Å². The topological polar surface area (TPSA) is 153 Å². The molecule has 0 bridgehead atoms. The second-order valence-electron chi connectivity index (χ2n) is 7.29. The van der Waals surface area contributed by atoms with E-state index < -0.39 is 36.2 Å². The van der Waals surface area contributed by atoms with Gasteiger partial charge in [0.2, 0.25) is 0 Å². The second-order valence-corrected chi connectivity index (χ2v) is 7.29. The lowest BCUT2D eigenvalue weighted by Gasteiger charge is -2.16. The average Bonchev–Trinajstić information content (AvgIpc) is 3.17. The molecule has 5 N–H and O–H groups in total. The third kappa shape index (κ3) is 6.38. The quantitative estimate of drug-likeness (QED) is 0.400. The minimum absolute atomic E-state index is 0. The van der Waals surface area contributed by atoms with E-state index in [0.29, 0.717) is 0 Å². The smallest absolute Gasteiger partial charge is 0.305 e. The molecule has 9 nitrogen and oxygen atoms in total. The summed E-state index contributed by atoms with van der Waals surface area (Å²) in [6.45, 7) is 0. The lowest BCUT2D eigenvalue weighted by Crippen LogP contribution is -2.19. The number of aliphatic hydroxyl groups excluding tert-OH is 2. The number of carboxylic acid groups (broad SMARTS) is 1. The van der Waals surface area contributed by atoms with E-state index in [1.54, 1.807) is 19.2 Å². The molecule has 1 aromatic heterocycles. The Balaban J connectivity index is 0.00000408. The van der Waals surface area contributed by atoms with Crippen molar-refractivity contribution < 1.29 is 34.4 Å². The summed E-state index contributed by atoms with van der Waals surface area (Å²) < 4.78 is 31.1. The Bertz CT molecular complexity index is 1150. The fourth-order valence-corrected chi connectivity index (χ4v) is 3.34. The Morgan fingerprint density at radius 3 is 2.09 bits per heavy atom. The first-order valence-corrected chi connectivity index (χ1v) is 10.0. The van der Waals surface area contributed by atoms with E-state index in [2.05, 4.69) is 15.5 Å². The summed E-state index contributed by atoms with van der Waals surface area (Å²) in [4.78, 5) is 10.8. The SMILES string of the molecule is Cn1nnnc1C(/C=C/C(O)CC(O)CC(=O)O)=C(c1ccccc1F)c1ccccc1F.O. The minimum Gasteiger partial charge on any atom is -0.481 e. The first-order chi connectivity index (χ1) is 15.8. The molecule has 0 saturated heterocycles. The minimum atomic E-state index is -1.27. The molecule has 1 heterocycles. The summed E-state index contributed by atoms with van der Waals surface area (Å²) in [5.41, 5.74) is 0.541. The summed E-state index contributed by atoms with van der Waals surface area (Å²) in [7, 11) is 1.55. The first-order valence-electron chi connectivity index (χ1n) is 10.0. The molecule has 11 heteroatoms. The molecule has 0 amide bonds. The maximum atomic E-state index is 14.9. The highest BCUT2D eigenvalue weighted by Crippen LogP contribution is 2.35. The fourth-order valence-electron chi connectivity index (χ4n) is 3.34. The van der Waals surface area contributed by atoms with E-state index in [1.165, 1.54) is 53.2 Å². The van der Waals surface area contributed by atoms with Gasteiger partial charge in [0.25, 0.3) is 0 Å². The molecule has 0 spiro atoms. The molecule has 3 rings (SSSR count). The van der Waals surface area contributed by atoms with Gasteiger partial charge in [0.15, 0.2) is 5.82 Å². The van der Waals surface area contributed by atoms with Crippen molar-refractivity contribution >= 4 is 17.1 Å². The number of carbonyl (C=O) groups is 1. The third-order valence-electron chi connectivity index (χ3n) is 4.83. The van der Waals surface area contributed by atoms with E-state index in [4.69, 9.17) is 5.11 Å². The molecule has 180 valence electrons. The van der Waals surface area contributed by atoms with Crippen molar-refractivity contribution in [3.63, 3.8) is 0 Å². The van der Waals surface area contributed by atoms with E-state index >= 15 is 0 Å². The number of aliphatic carboxylic acids is 1. The van der Waals surface area contributed by atoms with Crippen LogP contribution in [-0.2, 0) is 11.8 Å². The zero-order chi connectivity index (χ0) is 24.0. The van der Waals surface area contributed by atoms with Crippen LogP contribution in [0, 0.1) is 11.6 Å². The van der Waals surface area contributed by atoms with Crippen LogP contribution in [0.2, 0.25) is 0 Å². The summed E-state index contributed by atoms with van der Waals surface area (Å²) >= 11 is 0. The van der Waals surface area contributed by atoms with Gasteiger partial charge in [0, 0.05) is 35.7 Å². The molecule has 0 fully saturated rings. The van der Waals surface area contributed by atoms with E-state index in [9.17, 15) is 23.8 Å². The Kier molecular flexibility index (Phi) is 9.25. The summed E-state index contributed by atoms with van der Waals surface area (Å²) in [5, 5.41) is 40.3. The summed E-state index contributed by atoms with van der Waals surface area (Å²) in [6.07, 6.45) is -0.602. The lowest BCUT2D eigenvalue weighted by molar-refractivity contribution is -0.139. The molecule has 2 aromatic carbocycles. The normalized spacial score (nSPS) is 12.7. The third-order valence-corrected chi connectivity index (χ3v) is 4.83. The van der Waals surface area contributed by atoms with Gasteiger partial charge >= 0.3 is 5.97 Å². The Hall–Kier alpha value is -3.80. The van der Waals surface area contributed by atoms with Crippen molar-refractivity contribution in [2.75, 3.05) is 0 Å². The fraction of sp³-hybridized carbons (Fsp3) is 0.217. The number of aliphatic hydroxyl groups is 2. The van der Waals surface area contributed by atoms with Gasteiger partial charge in [-0.2, -0.15) is 0 Å². The molecule has 2 atom stereocenters. The summed E-state index contributed by atoms with van der Waals surface area (Å²) in [5.74, 6) is -2.24. The number of aryl methyl sites for hydroxylation is 1. The Morgan fingerprint density at radius 1 is 1.06 bits per heavy atom. The predicted molar refractivity (Wildman–Crippen MR) is 119 cm³/mol. The molecule has 0 saturated carbocycles. The van der Waals surface area contributed by atoms with Crippen molar-refractivity contribution in [1.82, 2.24) is 20.2 Å². The molecular formula is C23H24F2N4O5. The van der Waals surface area contributed by atoms with Crippen LogP contribution in [0.25, 0.3) is 11.1 Å². The van der Waals surface area contributed by atoms with E-state index in [-0.39, 0.29) is 40.0 Å². The molecule has 0 aliphatic carbocycles. The average molecular weight is 474 g/mol. The van der Waals surface area contributed by atoms with Gasteiger partial charge in [-0.25, -0.2) is 13.5 Å². The zero-order valence-corrected chi connectivity index (χ0v) is 18.1. The van der Waals surface area contributed by atoms with Crippen LogP contribution in [0.5, 0.6) is 0 Å². The van der Waals surface area contributed by atoms with Crippen LogP contribution in [-0.4, -0.2) is 59.2 Å². The number of nitrogens with zero attached hydrogens (tertiary/aromatic N) is 4. The summed E-state index contributed by atoms with van der Waals surface area (Å²) in [6, 6.07) is 11.7. The number of benzene rings is 2. The van der Waals surface area contributed by atoms with Crippen LogP contribution in [0.15, 0.2) is 60.7 Å². The van der Waals surface area contributed by atoms with Crippen molar-refractivity contribution in [2.45, 2.75) is 25.0 Å². The second kappa shape index (κ2) is 11.9. The number of hydrogen-bond donors (Lipinski definition) is 3. The van der Waals surface area contributed by atoms with E-state index in [1.807, 2.05) is 0 Å². The van der Waals surface area contributed by atoms with Crippen LogP contribution in [0.1, 0.15) is 29.8 Å². The van der Waals surface area contributed by atoms with Gasteiger partial charge in [-0.3, -0.25) is 4.79 Å². The van der Waals surface area contributed by atoms with Gasteiger partial charge in [-0.05, 0) is 22.6 Å². The van der Waals surface area contributed by atoms with Crippen LogP contribution >= 0.6 is 0 Å². The molecule has 0 radical (unpaired) electrons. The van der Waals surface area contributed by atoms with Gasteiger partial charge in [-0.15, -0.1) is 5.10 Å². The Morgan fingerprint density at radius 2 is 1.62 bits per heavy atom. The van der Waals surface area contributed by atoms with Gasteiger partial charge in [-0.1, -0.05) is 48.6 Å². The van der Waals surface area contributed by atoms with Gasteiger partial charge in [0.05, 0.1) is 18.6 Å². The van der Waals surface area contributed by atoms with Crippen LogP contribution in [0.3, 0.4) is 0 Å². The zero-order valence-electron chi connectivity index (χ0n) is 18.1. The maximum Gasteiger partial charge on any atom is 0.305 e. The van der Waals surface area contributed by atoms with Gasteiger partial charge < -0.3 is 20.8 Å². The highest BCUT2D eigenvalue weighted by Gasteiger charge is 2.22. The number of aromatic nitrogens is 4. The molecule has 34 heavy (non-hydrogen) atoms. The number of tetrazole rings is 1. The van der Waals surface area contributed by atoms with Crippen molar-refractivity contribution in [3.8, 4) is 0 Å². The largest absolute Gasteiger partial charge is 0.481 e. The highest BCUT2D eigenvalue weighted by atomic mass is 19.1. The predicted octanol–water partition coefficient (Wildman–Crippen LogP) is 1.77. The molecule has 0 aliphatic heterocycles. The number of halogens is 2. The maximum absolute atomic E-state index is 14.9. The number of rotatable bonds is 9. The van der Waals surface area contributed by atoms with Crippen LogP contribution in [0.4, 0.5) is 8.78 Å².